The lowest BCUT2D eigenvalue weighted by Crippen LogP contribution is -2.57. The highest BCUT2D eigenvalue weighted by atomic mass is 19.1. The summed E-state index contributed by atoms with van der Waals surface area (Å²) < 4.78 is 22.7. The van der Waals surface area contributed by atoms with Gasteiger partial charge in [-0.2, -0.15) is 0 Å². The van der Waals surface area contributed by atoms with E-state index in [9.17, 15) is 14.0 Å². The van der Waals surface area contributed by atoms with Crippen LogP contribution in [0.5, 0.6) is 0 Å². The van der Waals surface area contributed by atoms with Gasteiger partial charge in [-0.25, -0.2) is 9.37 Å². The fourth-order valence-electron chi connectivity index (χ4n) is 4.21. The molecule has 1 atom stereocenters. The SMILES string of the molecule is CN(C)C(=O)[C@@H]1Cn2ccnc2C2(CCN(C(=O)C3(F)CCC3)CC2)O1. The number of hydrogen-bond donors (Lipinski definition) is 0. The molecule has 3 aliphatic rings. The van der Waals surface area contributed by atoms with E-state index in [1.54, 1.807) is 25.2 Å². The molecule has 0 bridgehead atoms. The molecule has 2 amide bonds. The van der Waals surface area contributed by atoms with E-state index in [2.05, 4.69) is 4.98 Å². The van der Waals surface area contributed by atoms with Crippen LogP contribution in [0.1, 0.15) is 37.9 Å². The minimum Gasteiger partial charge on any atom is -0.352 e. The Morgan fingerprint density at radius 2 is 1.96 bits per heavy atom. The summed E-state index contributed by atoms with van der Waals surface area (Å²) in [4.78, 5) is 32.5. The van der Waals surface area contributed by atoms with Crippen LogP contribution in [0.2, 0.25) is 0 Å². The lowest BCUT2D eigenvalue weighted by Gasteiger charge is -2.47. The quantitative estimate of drug-likeness (QED) is 0.788. The summed E-state index contributed by atoms with van der Waals surface area (Å²) in [5.74, 6) is 0.323. The van der Waals surface area contributed by atoms with Crippen LogP contribution in [0.15, 0.2) is 12.4 Å². The average molecular weight is 364 g/mol. The van der Waals surface area contributed by atoms with E-state index in [4.69, 9.17) is 4.74 Å². The molecule has 7 nitrogen and oxygen atoms in total. The van der Waals surface area contributed by atoms with Gasteiger partial charge in [0.25, 0.3) is 11.8 Å². The van der Waals surface area contributed by atoms with Crippen molar-refractivity contribution in [2.24, 2.45) is 0 Å². The van der Waals surface area contributed by atoms with Crippen molar-refractivity contribution in [2.45, 2.75) is 56.0 Å². The molecular weight excluding hydrogens is 339 g/mol. The molecule has 1 aromatic rings. The predicted molar refractivity (Wildman–Crippen MR) is 91.0 cm³/mol. The molecule has 1 spiro atoms. The Morgan fingerprint density at radius 3 is 2.54 bits per heavy atom. The van der Waals surface area contributed by atoms with Crippen molar-refractivity contribution in [1.29, 1.82) is 0 Å². The molecule has 0 aromatic carbocycles. The van der Waals surface area contributed by atoms with Crippen LogP contribution in [0, 0.1) is 0 Å². The number of ether oxygens (including phenoxy) is 1. The second-order valence-electron chi connectivity index (χ2n) is 7.85. The molecule has 1 saturated heterocycles. The molecule has 142 valence electrons. The van der Waals surface area contributed by atoms with Gasteiger partial charge in [0.2, 0.25) is 0 Å². The number of fused-ring (bicyclic) bond motifs is 2. The van der Waals surface area contributed by atoms with Crippen molar-refractivity contribution in [3.8, 4) is 0 Å². The average Bonchev–Trinajstić information content (AvgIpc) is 3.08. The van der Waals surface area contributed by atoms with E-state index in [1.807, 2.05) is 10.8 Å². The van der Waals surface area contributed by atoms with Gasteiger partial charge in [-0.05, 0) is 19.3 Å². The largest absolute Gasteiger partial charge is 0.352 e. The number of likely N-dealkylation sites (tertiary alicyclic amines) is 1. The summed E-state index contributed by atoms with van der Waals surface area (Å²) in [5, 5.41) is 0. The number of likely N-dealkylation sites (N-methyl/N-ethyl adjacent to an activating group) is 1. The van der Waals surface area contributed by atoms with Crippen molar-refractivity contribution in [3.63, 3.8) is 0 Å². The van der Waals surface area contributed by atoms with Crippen molar-refractivity contribution < 1.29 is 18.7 Å². The zero-order valence-corrected chi connectivity index (χ0v) is 15.3. The number of carbonyl (C=O) groups excluding carboxylic acids is 2. The molecule has 2 aliphatic heterocycles. The molecule has 8 heteroatoms. The number of halogens is 1. The van der Waals surface area contributed by atoms with Crippen molar-refractivity contribution in [2.75, 3.05) is 27.2 Å². The second-order valence-corrected chi connectivity index (χ2v) is 7.85. The number of nitrogens with zero attached hydrogens (tertiary/aromatic N) is 4. The zero-order valence-electron chi connectivity index (χ0n) is 15.3. The number of alkyl halides is 1. The van der Waals surface area contributed by atoms with Gasteiger partial charge in [0.15, 0.2) is 11.8 Å². The standard InChI is InChI=1S/C18H25FN4O3/c1-21(2)14(24)13-12-23-11-8-20-15(23)18(26-13)6-9-22(10-7-18)16(25)17(19)4-3-5-17/h8,11,13H,3-7,9-10,12H2,1-2H3/t13-/m0/s1. The third-order valence-electron chi connectivity index (χ3n) is 5.96. The van der Waals surface area contributed by atoms with Gasteiger partial charge in [-0.1, -0.05) is 0 Å². The predicted octanol–water partition coefficient (Wildman–Crippen LogP) is 1.08. The number of amides is 2. The monoisotopic (exact) mass is 364 g/mol. The van der Waals surface area contributed by atoms with Crippen molar-refractivity contribution in [3.05, 3.63) is 18.2 Å². The maximum absolute atomic E-state index is 14.5. The highest BCUT2D eigenvalue weighted by Crippen LogP contribution is 2.43. The fourth-order valence-corrected chi connectivity index (χ4v) is 4.21. The third-order valence-corrected chi connectivity index (χ3v) is 5.96. The maximum atomic E-state index is 14.5. The molecule has 26 heavy (non-hydrogen) atoms. The minimum atomic E-state index is -1.67. The van der Waals surface area contributed by atoms with Crippen LogP contribution in [0.3, 0.4) is 0 Å². The van der Waals surface area contributed by atoms with Crippen molar-refractivity contribution in [1.82, 2.24) is 19.4 Å². The minimum absolute atomic E-state index is 0.0839. The number of imidazole rings is 1. The normalized spacial score (nSPS) is 26.1. The summed E-state index contributed by atoms with van der Waals surface area (Å²) in [7, 11) is 3.42. The summed E-state index contributed by atoms with van der Waals surface area (Å²) in [6.07, 6.45) is 5.46. The first-order chi connectivity index (χ1) is 12.3. The number of rotatable bonds is 2. The first-order valence-corrected chi connectivity index (χ1v) is 9.24. The van der Waals surface area contributed by atoms with Gasteiger partial charge in [-0.15, -0.1) is 0 Å². The molecule has 3 heterocycles. The van der Waals surface area contributed by atoms with Gasteiger partial charge in [0, 0.05) is 52.4 Å². The van der Waals surface area contributed by atoms with Gasteiger partial charge in [-0.3, -0.25) is 9.59 Å². The topological polar surface area (TPSA) is 67.7 Å². The number of aromatic nitrogens is 2. The Labute approximate surface area is 152 Å². The molecular formula is C18H25FN4O3. The molecule has 1 aromatic heterocycles. The Bertz CT molecular complexity index is 720. The van der Waals surface area contributed by atoms with Crippen LogP contribution in [-0.4, -0.2) is 70.1 Å². The second kappa shape index (κ2) is 6.04. The van der Waals surface area contributed by atoms with E-state index in [-0.39, 0.29) is 5.91 Å². The van der Waals surface area contributed by atoms with Gasteiger partial charge < -0.3 is 19.1 Å². The summed E-state index contributed by atoms with van der Waals surface area (Å²) in [5.41, 5.74) is -2.36. The molecule has 0 unspecified atom stereocenters. The highest BCUT2D eigenvalue weighted by molar-refractivity contribution is 5.86. The van der Waals surface area contributed by atoms with Gasteiger partial charge in [0.05, 0.1) is 6.54 Å². The number of piperidine rings is 1. The van der Waals surface area contributed by atoms with Crippen LogP contribution in [0.25, 0.3) is 0 Å². The van der Waals surface area contributed by atoms with E-state index >= 15 is 0 Å². The van der Waals surface area contributed by atoms with Crippen LogP contribution in [-0.2, 0) is 26.5 Å². The van der Waals surface area contributed by atoms with Gasteiger partial charge in [0.1, 0.15) is 11.4 Å². The Morgan fingerprint density at radius 1 is 1.27 bits per heavy atom. The number of hydrogen-bond acceptors (Lipinski definition) is 4. The van der Waals surface area contributed by atoms with Crippen molar-refractivity contribution >= 4 is 11.8 Å². The lowest BCUT2D eigenvalue weighted by molar-refractivity contribution is -0.184. The first kappa shape index (κ1) is 17.5. The van der Waals surface area contributed by atoms with E-state index < -0.39 is 23.3 Å². The third kappa shape index (κ3) is 2.62. The van der Waals surface area contributed by atoms with E-state index in [0.29, 0.717) is 45.3 Å². The first-order valence-electron chi connectivity index (χ1n) is 9.24. The molecule has 0 radical (unpaired) electrons. The molecule has 1 aliphatic carbocycles. The number of carbonyl (C=O) groups is 2. The van der Waals surface area contributed by atoms with E-state index in [0.717, 1.165) is 12.2 Å². The Hall–Kier alpha value is -1.96. The fraction of sp³-hybridized carbons (Fsp3) is 0.722. The summed E-state index contributed by atoms with van der Waals surface area (Å²) in [6, 6.07) is 0. The smallest absolute Gasteiger partial charge is 0.260 e. The molecule has 0 N–H and O–H groups in total. The van der Waals surface area contributed by atoms with Gasteiger partial charge >= 0.3 is 0 Å². The van der Waals surface area contributed by atoms with Crippen LogP contribution < -0.4 is 0 Å². The maximum Gasteiger partial charge on any atom is 0.260 e. The highest BCUT2D eigenvalue weighted by Gasteiger charge is 2.51. The lowest BCUT2D eigenvalue weighted by atomic mass is 9.80. The molecule has 1 saturated carbocycles. The molecule has 4 rings (SSSR count). The summed E-state index contributed by atoms with van der Waals surface area (Å²) in [6.45, 7) is 1.27. The van der Waals surface area contributed by atoms with Crippen LogP contribution in [0.4, 0.5) is 4.39 Å². The van der Waals surface area contributed by atoms with Crippen LogP contribution >= 0.6 is 0 Å². The Kier molecular flexibility index (Phi) is 4.06. The molecule has 2 fully saturated rings. The Balaban J connectivity index is 1.53. The van der Waals surface area contributed by atoms with E-state index in [1.165, 1.54) is 4.90 Å². The summed E-state index contributed by atoms with van der Waals surface area (Å²) >= 11 is 0. The zero-order chi connectivity index (χ0) is 18.5.